The predicted octanol–water partition coefficient (Wildman–Crippen LogP) is 4.65. The van der Waals surface area contributed by atoms with Crippen molar-refractivity contribution in [3.05, 3.63) is 83.9 Å². The van der Waals surface area contributed by atoms with Crippen molar-refractivity contribution in [2.45, 2.75) is 57.1 Å². The number of hydrogen-bond acceptors (Lipinski definition) is 6. The van der Waals surface area contributed by atoms with E-state index >= 15 is 0 Å². The molecule has 1 N–H and O–H groups in total. The summed E-state index contributed by atoms with van der Waals surface area (Å²) in [5.74, 6) is -1.49. The minimum absolute atomic E-state index is 0.0449. The Labute approximate surface area is 250 Å². The molecule has 2 amide bonds. The molecule has 0 unspecified atom stereocenters. The number of carbonyl (C=O) groups is 2. The molecule has 0 aliphatic carbocycles. The lowest BCUT2D eigenvalue weighted by atomic mass is 10.1. The van der Waals surface area contributed by atoms with Crippen LogP contribution in [0.1, 0.15) is 39.2 Å². The summed E-state index contributed by atoms with van der Waals surface area (Å²) in [5.41, 5.74) is 0.594. The zero-order chi connectivity index (χ0) is 31.1. The molecular weight excluding hydrogens is 580 g/mol. The Hall–Kier alpha value is -4.19. The molecule has 0 radical (unpaired) electrons. The third-order valence-corrected chi connectivity index (χ3v) is 8.92. The third kappa shape index (κ3) is 7.61. The number of carbonyl (C=O) groups excluding carboxylic acids is 2. The second-order valence-electron chi connectivity index (χ2n) is 10.2. The van der Waals surface area contributed by atoms with Gasteiger partial charge >= 0.3 is 0 Å². The van der Waals surface area contributed by atoms with E-state index in [1.807, 2.05) is 13.8 Å². The Morgan fingerprint density at radius 3 is 2.09 bits per heavy atom. The summed E-state index contributed by atoms with van der Waals surface area (Å²) in [7, 11) is -4.41. The van der Waals surface area contributed by atoms with E-state index in [4.69, 9.17) is 9.47 Å². The Bertz CT molecular complexity index is 1530. The summed E-state index contributed by atoms with van der Waals surface area (Å²) in [6.45, 7) is 5.29. The third-order valence-electron chi connectivity index (χ3n) is 7.15. The number of nitrogens with one attached hydrogen (secondary N) is 1. The molecular formula is C31H35F2N3O6S. The number of nitrogens with zero attached hydrogens (tertiary/aromatic N) is 2. The minimum atomic E-state index is -4.41. The lowest BCUT2D eigenvalue weighted by Crippen LogP contribution is -2.53. The number of amides is 2. The molecule has 1 aliphatic heterocycles. The van der Waals surface area contributed by atoms with Crippen LogP contribution in [0.25, 0.3) is 0 Å². The monoisotopic (exact) mass is 615 g/mol. The van der Waals surface area contributed by atoms with E-state index < -0.39 is 46.1 Å². The largest absolute Gasteiger partial charge is 0.486 e. The summed E-state index contributed by atoms with van der Waals surface area (Å²) >= 11 is 0. The Kier molecular flexibility index (Phi) is 10.2. The van der Waals surface area contributed by atoms with Crippen LogP contribution in [-0.4, -0.2) is 57.0 Å². The van der Waals surface area contributed by atoms with Gasteiger partial charge in [-0.3, -0.25) is 13.9 Å². The highest BCUT2D eigenvalue weighted by Crippen LogP contribution is 2.34. The fourth-order valence-electron chi connectivity index (χ4n) is 4.59. The maximum atomic E-state index is 14.1. The van der Waals surface area contributed by atoms with Crippen molar-refractivity contribution in [2.75, 3.05) is 24.1 Å². The highest BCUT2D eigenvalue weighted by atomic mass is 32.2. The van der Waals surface area contributed by atoms with Gasteiger partial charge in [0.25, 0.3) is 10.0 Å². The van der Waals surface area contributed by atoms with Crippen LogP contribution in [0, 0.1) is 11.6 Å². The number of benzene rings is 3. The van der Waals surface area contributed by atoms with E-state index in [9.17, 15) is 26.8 Å². The van der Waals surface area contributed by atoms with Gasteiger partial charge in [-0.25, -0.2) is 17.2 Å². The van der Waals surface area contributed by atoms with E-state index in [1.165, 1.54) is 59.5 Å². The zero-order valence-corrected chi connectivity index (χ0v) is 25.1. The van der Waals surface area contributed by atoms with Gasteiger partial charge in [-0.2, -0.15) is 0 Å². The second kappa shape index (κ2) is 13.9. The van der Waals surface area contributed by atoms with Crippen LogP contribution >= 0.6 is 0 Å². The van der Waals surface area contributed by atoms with Gasteiger partial charge in [0.05, 0.1) is 10.6 Å². The van der Waals surface area contributed by atoms with Crippen LogP contribution in [-0.2, 0) is 26.2 Å². The van der Waals surface area contributed by atoms with Crippen molar-refractivity contribution >= 4 is 27.5 Å². The van der Waals surface area contributed by atoms with E-state index in [0.29, 0.717) is 24.3 Å². The Morgan fingerprint density at radius 2 is 1.49 bits per heavy atom. The highest BCUT2D eigenvalue weighted by molar-refractivity contribution is 7.92. The minimum Gasteiger partial charge on any atom is -0.486 e. The summed E-state index contributed by atoms with van der Waals surface area (Å²) in [4.78, 5) is 28.5. The van der Waals surface area contributed by atoms with E-state index in [1.54, 1.807) is 6.92 Å². The van der Waals surface area contributed by atoms with Crippen molar-refractivity contribution < 1.29 is 36.3 Å². The normalized spacial score (nSPS) is 14.0. The van der Waals surface area contributed by atoms with Gasteiger partial charge < -0.3 is 19.7 Å². The number of hydrogen-bond donors (Lipinski definition) is 1. The van der Waals surface area contributed by atoms with E-state index in [0.717, 1.165) is 16.4 Å². The molecule has 0 spiro atoms. The van der Waals surface area contributed by atoms with Gasteiger partial charge in [-0.15, -0.1) is 0 Å². The van der Waals surface area contributed by atoms with E-state index in [-0.39, 0.29) is 41.9 Å². The van der Waals surface area contributed by atoms with Crippen molar-refractivity contribution in [3.8, 4) is 11.5 Å². The van der Waals surface area contributed by atoms with Crippen LogP contribution in [0.3, 0.4) is 0 Å². The van der Waals surface area contributed by atoms with Crippen LogP contribution in [0.4, 0.5) is 14.5 Å². The number of sulfonamides is 1. The van der Waals surface area contributed by atoms with Gasteiger partial charge in [-0.05, 0) is 73.9 Å². The van der Waals surface area contributed by atoms with Gasteiger partial charge in [0.1, 0.15) is 37.4 Å². The van der Waals surface area contributed by atoms with Crippen molar-refractivity contribution in [3.63, 3.8) is 0 Å². The first-order valence-corrected chi connectivity index (χ1v) is 15.5. The van der Waals surface area contributed by atoms with E-state index in [2.05, 4.69) is 5.32 Å². The second-order valence-corrected chi connectivity index (χ2v) is 12.0. The summed E-state index contributed by atoms with van der Waals surface area (Å²) < 4.78 is 67.6. The van der Waals surface area contributed by atoms with Gasteiger partial charge in [0.2, 0.25) is 11.8 Å². The van der Waals surface area contributed by atoms with Crippen LogP contribution in [0.5, 0.6) is 11.5 Å². The number of anilines is 1. The quantitative estimate of drug-likeness (QED) is 0.318. The van der Waals surface area contributed by atoms with Crippen molar-refractivity contribution in [2.24, 2.45) is 0 Å². The molecule has 1 aliphatic rings. The first-order valence-electron chi connectivity index (χ1n) is 14.1. The molecule has 0 fully saturated rings. The molecule has 12 heteroatoms. The Morgan fingerprint density at radius 1 is 0.884 bits per heavy atom. The van der Waals surface area contributed by atoms with Crippen LogP contribution in [0.2, 0.25) is 0 Å². The maximum absolute atomic E-state index is 14.1. The predicted molar refractivity (Wildman–Crippen MR) is 157 cm³/mol. The molecule has 3 aromatic rings. The lowest BCUT2D eigenvalue weighted by Gasteiger charge is -2.33. The fourth-order valence-corrected chi connectivity index (χ4v) is 6.02. The lowest BCUT2D eigenvalue weighted by molar-refractivity contribution is -0.140. The smallest absolute Gasteiger partial charge is 0.264 e. The van der Waals surface area contributed by atoms with Crippen LogP contribution < -0.4 is 19.1 Å². The Balaban J connectivity index is 1.74. The molecule has 0 bridgehead atoms. The summed E-state index contributed by atoms with van der Waals surface area (Å²) in [5, 5.41) is 2.90. The number of rotatable bonds is 12. The number of fused-ring (bicyclic) bond motifs is 1. The summed E-state index contributed by atoms with van der Waals surface area (Å²) in [6, 6.07) is 13.2. The van der Waals surface area contributed by atoms with Gasteiger partial charge in [0.15, 0.2) is 11.5 Å². The molecule has 0 saturated carbocycles. The first-order chi connectivity index (χ1) is 20.5. The van der Waals surface area contributed by atoms with Crippen molar-refractivity contribution in [1.82, 2.24) is 10.2 Å². The number of halogens is 2. The molecule has 3 aromatic carbocycles. The molecule has 2 atom stereocenters. The molecule has 0 saturated heterocycles. The SMILES string of the molecule is CC[C@@H](C)NC(=O)[C@@H](CC)N(Cc1ccc(F)cc1)C(=O)CN(c1ccc(F)cc1)S(=O)(=O)c1ccc2c(c1)OCCO2. The van der Waals surface area contributed by atoms with Gasteiger partial charge in [-0.1, -0.05) is 26.0 Å². The van der Waals surface area contributed by atoms with Crippen molar-refractivity contribution in [1.29, 1.82) is 0 Å². The van der Waals surface area contributed by atoms with Crippen LogP contribution in [0.15, 0.2) is 71.6 Å². The molecule has 230 valence electrons. The standard InChI is InChI=1S/C31H35F2N3O6S/c1-4-21(3)34-31(38)27(5-2)35(19-22-6-8-23(32)9-7-22)30(37)20-36(25-12-10-24(33)11-13-25)43(39,40)26-14-15-28-29(18-26)42-17-16-41-28/h6-15,18,21,27H,4-5,16-17,19-20H2,1-3H3,(H,34,38)/t21-,27-/m1/s1. The molecule has 4 rings (SSSR count). The molecule has 43 heavy (non-hydrogen) atoms. The molecule has 1 heterocycles. The van der Waals surface area contributed by atoms with Gasteiger partial charge in [0, 0.05) is 18.7 Å². The first kappa shape index (κ1) is 31.7. The highest BCUT2D eigenvalue weighted by Gasteiger charge is 2.34. The molecule has 0 aromatic heterocycles. The average molecular weight is 616 g/mol. The number of ether oxygens (including phenoxy) is 2. The topological polar surface area (TPSA) is 105 Å². The zero-order valence-electron chi connectivity index (χ0n) is 24.3. The fraction of sp³-hybridized carbons (Fsp3) is 0.355. The molecule has 9 nitrogen and oxygen atoms in total. The maximum Gasteiger partial charge on any atom is 0.264 e. The summed E-state index contributed by atoms with van der Waals surface area (Å²) in [6.07, 6.45) is 0.904. The average Bonchev–Trinajstić information content (AvgIpc) is 3.00.